The molecule has 0 radical (unpaired) electrons. The van der Waals surface area contributed by atoms with E-state index < -0.39 is 0 Å². The zero-order chi connectivity index (χ0) is 21.3. The summed E-state index contributed by atoms with van der Waals surface area (Å²) in [7, 11) is 1.52. The van der Waals surface area contributed by atoms with Crippen LogP contribution in [0.4, 0.5) is 10.8 Å². The normalized spacial score (nSPS) is 16.6. The fraction of sp³-hybridized carbons (Fsp3) is 0.400. The van der Waals surface area contributed by atoms with E-state index in [2.05, 4.69) is 27.1 Å². The van der Waals surface area contributed by atoms with E-state index >= 15 is 0 Å². The topological polar surface area (TPSA) is 89.3 Å². The molecule has 0 saturated carbocycles. The smallest absolute Gasteiger partial charge is 0.273 e. The molecule has 30 heavy (non-hydrogen) atoms. The molecule has 1 aromatic carbocycles. The van der Waals surface area contributed by atoms with Gasteiger partial charge in [0.15, 0.2) is 10.8 Å². The lowest BCUT2D eigenvalue weighted by molar-refractivity contribution is -0.116. The largest absolute Gasteiger partial charge is 0.495 e. The molecule has 1 amide bonds. The first-order chi connectivity index (χ1) is 14.4. The van der Waals surface area contributed by atoms with Gasteiger partial charge in [0.25, 0.3) is 5.56 Å². The van der Waals surface area contributed by atoms with Crippen molar-refractivity contribution >= 4 is 50.0 Å². The predicted molar refractivity (Wildman–Crippen MR) is 119 cm³/mol. The van der Waals surface area contributed by atoms with Crippen LogP contribution in [0.1, 0.15) is 19.8 Å². The Morgan fingerprint density at radius 2 is 2.27 bits per heavy atom. The Balaban J connectivity index is 1.51. The van der Waals surface area contributed by atoms with Gasteiger partial charge in [-0.1, -0.05) is 29.9 Å². The van der Waals surface area contributed by atoms with Crippen molar-refractivity contribution in [3.63, 3.8) is 0 Å². The summed E-state index contributed by atoms with van der Waals surface area (Å²) >= 11 is 7.43. The molecule has 8 nitrogen and oxygen atoms in total. The SMILES string of the molecule is COc1ccc(NC(=O)Cn2cnc3nc(N4CCC[C@H](C)C4)sc3c2=O)cc1Cl. The average Bonchev–Trinajstić information content (AvgIpc) is 3.16. The number of amides is 1. The highest BCUT2D eigenvalue weighted by Crippen LogP contribution is 2.29. The molecule has 2 aromatic heterocycles. The average molecular weight is 448 g/mol. The number of nitrogens with one attached hydrogen (secondary N) is 1. The minimum Gasteiger partial charge on any atom is -0.495 e. The molecule has 1 aliphatic rings. The van der Waals surface area contributed by atoms with Crippen molar-refractivity contribution in [2.24, 2.45) is 5.92 Å². The molecule has 3 heterocycles. The molecular formula is C20H22ClN5O3S. The summed E-state index contributed by atoms with van der Waals surface area (Å²) in [6.07, 6.45) is 3.69. The monoisotopic (exact) mass is 447 g/mol. The lowest BCUT2D eigenvalue weighted by Gasteiger charge is -2.30. The Kier molecular flexibility index (Phi) is 5.92. The van der Waals surface area contributed by atoms with Gasteiger partial charge in [-0.05, 0) is 37.0 Å². The Morgan fingerprint density at radius 1 is 1.43 bits per heavy atom. The number of halogens is 1. The Morgan fingerprint density at radius 3 is 3.00 bits per heavy atom. The molecule has 1 fully saturated rings. The number of aromatic nitrogens is 3. The summed E-state index contributed by atoms with van der Waals surface area (Å²) in [5.41, 5.74) is 0.681. The maximum atomic E-state index is 12.9. The van der Waals surface area contributed by atoms with Gasteiger partial charge in [0.05, 0.1) is 12.1 Å². The number of anilines is 2. The zero-order valence-corrected chi connectivity index (χ0v) is 18.3. The Hall–Kier alpha value is -2.65. The van der Waals surface area contributed by atoms with E-state index in [-0.39, 0.29) is 18.0 Å². The molecule has 0 spiro atoms. The molecule has 158 valence electrons. The number of carbonyl (C=O) groups excluding carboxylic acids is 1. The highest BCUT2D eigenvalue weighted by atomic mass is 35.5. The number of thiazole rings is 1. The van der Waals surface area contributed by atoms with E-state index in [1.165, 1.54) is 35.8 Å². The Bertz CT molecular complexity index is 1150. The number of fused-ring (bicyclic) bond motifs is 1. The summed E-state index contributed by atoms with van der Waals surface area (Å²) in [6, 6.07) is 4.94. The molecule has 0 aliphatic carbocycles. The molecule has 0 bridgehead atoms. The zero-order valence-electron chi connectivity index (χ0n) is 16.7. The predicted octanol–water partition coefficient (Wildman–Crippen LogP) is 3.39. The number of methoxy groups -OCH3 is 1. The van der Waals surface area contributed by atoms with Gasteiger partial charge in [-0.2, -0.15) is 4.98 Å². The van der Waals surface area contributed by atoms with Crippen LogP contribution in [-0.4, -0.2) is 40.6 Å². The number of nitrogens with zero attached hydrogens (tertiary/aromatic N) is 4. The molecule has 0 unspecified atom stereocenters. The van der Waals surface area contributed by atoms with Crippen LogP contribution in [0.15, 0.2) is 29.3 Å². The number of hydrogen-bond acceptors (Lipinski definition) is 7. The number of piperidine rings is 1. The lowest BCUT2D eigenvalue weighted by Crippen LogP contribution is -2.34. The maximum Gasteiger partial charge on any atom is 0.273 e. The highest BCUT2D eigenvalue weighted by molar-refractivity contribution is 7.22. The van der Waals surface area contributed by atoms with E-state index in [4.69, 9.17) is 16.3 Å². The van der Waals surface area contributed by atoms with E-state index in [1.54, 1.807) is 18.2 Å². The fourth-order valence-corrected chi connectivity index (χ4v) is 4.81. The van der Waals surface area contributed by atoms with Crippen molar-refractivity contribution in [3.05, 3.63) is 39.9 Å². The first kappa shape index (κ1) is 20.6. The summed E-state index contributed by atoms with van der Waals surface area (Å²) in [4.78, 5) is 36.3. The van der Waals surface area contributed by atoms with Crippen LogP contribution in [0.2, 0.25) is 5.02 Å². The second-order valence-electron chi connectivity index (χ2n) is 7.42. The van der Waals surface area contributed by atoms with Crippen LogP contribution >= 0.6 is 22.9 Å². The van der Waals surface area contributed by atoms with Crippen LogP contribution in [-0.2, 0) is 11.3 Å². The molecule has 3 aromatic rings. The molecule has 1 saturated heterocycles. The van der Waals surface area contributed by atoms with Crippen molar-refractivity contribution in [2.45, 2.75) is 26.3 Å². The molecule has 1 atom stereocenters. The van der Waals surface area contributed by atoms with Crippen LogP contribution < -0.4 is 20.5 Å². The standard InChI is InChI=1S/C20H22ClN5O3S/c1-12-4-3-7-25(9-12)20-24-18-17(30-20)19(28)26(11-22-18)10-16(27)23-13-5-6-15(29-2)14(21)8-13/h5-6,8,11-12H,3-4,7,9-10H2,1-2H3,(H,23,27)/t12-/m0/s1. The third kappa shape index (κ3) is 4.27. The van der Waals surface area contributed by atoms with Gasteiger partial charge in [0.1, 0.15) is 23.3 Å². The molecule has 10 heteroatoms. The number of rotatable bonds is 5. The first-order valence-electron chi connectivity index (χ1n) is 9.69. The van der Waals surface area contributed by atoms with Crippen molar-refractivity contribution in [3.8, 4) is 5.75 Å². The van der Waals surface area contributed by atoms with E-state index in [0.717, 1.165) is 24.6 Å². The summed E-state index contributed by atoms with van der Waals surface area (Å²) < 4.78 is 6.86. The van der Waals surface area contributed by atoms with Gasteiger partial charge in [0.2, 0.25) is 5.91 Å². The van der Waals surface area contributed by atoms with Crippen LogP contribution in [0, 0.1) is 5.92 Å². The molecular weight excluding hydrogens is 426 g/mol. The van der Waals surface area contributed by atoms with Crippen molar-refractivity contribution in [1.29, 1.82) is 0 Å². The number of hydrogen-bond donors (Lipinski definition) is 1. The van der Waals surface area contributed by atoms with Crippen molar-refractivity contribution in [2.75, 3.05) is 30.4 Å². The molecule has 1 N–H and O–H groups in total. The molecule has 1 aliphatic heterocycles. The summed E-state index contributed by atoms with van der Waals surface area (Å²) in [6.45, 7) is 3.94. The second kappa shape index (κ2) is 8.61. The Labute approximate surface area is 182 Å². The van der Waals surface area contributed by atoms with Crippen molar-refractivity contribution < 1.29 is 9.53 Å². The number of benzene rings is 1. The van der Waals surface area contributed by atoms with Crippen molar-refractivity contribution in [1.82, 2.24) is 14.5 Å². The van der Waals surface area contributed by atoms with Gasteiger partial charge < -0.3 is 15.0 Å². The van der Waals surface area contributed by atoms with Gasteiger partial charge in [-0.25, -0.2) is 4.98 Å². The number of carbonyl (C=O) groups is 1. The minimum atomic E-state index is -0.353. The second-order valence-corrected chi connectivity index (χ2v) is 8.80. The molecule has 4 rings (SSSR count). The van der Waals surface area contributed by atoms with E-state index in [1.807, 2.05) is 0 Å². The van der Waals surface area contributed by atoms with Gasteiger partial charge in [0, 0.05) is 18.8 Å². The van der Waals surface area contributed by atoms with Crippen LogP contribution in [0.3, 0.4) is 0 Å². The minimum absolute atomic E-state index is 0.153. The van der Waals surface area contributed by atoms with Gasteiger partial charge in [-0.15, -0.1) is 0 Å². The van der Waals surface area contributed by atoms with E-state index in [9.17, 15) is 9.59 Å². The first-order valence-corrected chi connectivity index (χ1v) is 10.9. The van der Waals surface area contributed by atoms with Gasteiger partial charge >= 0.3 is 0 Å². The fourth-order valence-electron chi connectivity index (χ4n) is 3.55. The lowest BCUT2D eigenvalue weighted by atomic mass is 10.0. The number of ether oxygens (including phenoxy) is 1. The highest BCUT2D eigenvalue weighted by Gasteiger charge is 2.21. The summed E-state index contributed by atoms with van der Waals surface area (Å²) in [5, 5.41) is 3.94. The van der Waals surface area contributed by atoms with Gasteiger partial charge in [-0.3, -0.25) is 14.2 Å². The summed E-state index contributed by atoms with van der Waals surface area (Å²) in [5.74, 6) is 0.768. The third-order valence-corrected chi connectivity index (χ3v) is 6.44. The quantitative estimate of drug-likeness (QED) is 0.644. The van der Waals surface area contributed by atoms with E-state index in [0.29, 0.717) is 32.7 Å². The third-order valence-electron chi connectivity index (χ3n) is 5.05. The van der Waals surface area contributed by atoms with Crippen LogP contribution in [0.25, 0.3) is 10.3 Å². The maximum absolute atomic E-state index is 12.9. The van der Waals surface area contributed by atoms with Crippen LogP contribution in [0.5, 0.6) is 5.75 Å².